The number of aromatic nitrogens is 2. The summed E-state index contributed by atoms with van der Waals surface area (Å²) in [7, 11) is -5.54. The number of anilines is 1. The fraction of sp³-hybridized carbons (Fsp3) is 0.174. The highest BCUT2D eigenvalue weighted by molar-refractivity contribution is 7.93. The normalized spacial score (nSPS) is 18.4. The van der Waals surface area contributed by atoms with Crippen molar-refractivity contribution in [2.45, 2.75) is 23.8 Å². The molecule has 1 aliphatic rings. The molecule has 2 unspecified atom stereocenters. The predicted molar refractivity (Wildman–Crippen MR) is 122 cm³/mol. The highest BCUT2D eigenvalue weighted by Crippen LogP contribution is 2.54. The molecule has 0 aliphatic heterocycles. The first-order valence-corrected chi connectivity index (χ1v) is 11.9. The Morgan fingerprint density at radius 3 is 2.45 bits per heavy atom. The van der Waals surface area contributed by atoms with Crippen molar-refractivity contribution in [3.63, 3.8) is 0 Å². The van der Waals surface area contributed by atoms with Gasteiger partial charge in [-0.15, -0.1) is 0 Å². The molecule has 1 saturated carbocycles. The third-order valence-corrected chi connectivity index (χ3v) is 7.08. The van der Waals surface area contributed by atoms with Gasteiger partial charge in [0.25, 0.3) is 0 Å². The minimum absolute atomic E-state index is 0.154. The number of hydrogen-bond acceptors (Lipinski definition) is 3. The quantitative estimate of drug-likeness (QED) is 0.338. The molecule has 2 atom stereocenters. The number of fused-ring (bicyclic) bond motifs is 1. The molecule has 10 heteroatoms. The van der Waals surface area contributed by atoms with Crippen molar-refractivity contribution >= 4 is 38.3 Å². The molecule has 0 amide bonds. The molecule has 2 N–H and O–H groups in total. The van der Waals surface area contributed by atoms with Crippen molar-refractivity contribution < 1.29 is 21.6 Å². The Hall–Kier alpha value is -3.04. The fourth-order valence-corrected chi connectivity index (χ4v) is 4.68. The molecule has 0 spiro atoms. The number of nitrogens with one attached hydrogen (secondary N) is 2. The van der Waals surface area contributed by atoms with Gasteiger partial charge in [0.2, 0.25) is 0 Å². The van der Waals surface area contributed by atoms with Crippen molar-refractivity contribution in [1.82, 2.24) is 9.97 Å². The van der Waals surface area contributed by atoms with E-state index >= 15 is 0 Å². The van der Waals surface area contributed by atoms with Crippen LogP contribution in [0.25, 0.3) is 22.2 Å². The predicted octanol–water partition coefficient (Wildman–Crippen LogP) is 6.42. The van der Waals surface area contributed by atoms with Crippen LogP contribution in [0.2, 0.25) is 5.02 Å². The number of benzene rings is 3. The molecule has 1 heterocycles. The van der Waals surface area contributed by atoms with E-state index < -0.39 is 15.5 Å². The topological polar surface area (TPSA) is 74.8 Å². The number of aromatic amines is 1. The molecule has 5 rings (SSSR count). The van der Waals surface area contributed by atoms with Crippen LogP contribution in [0.15, 0.2) is 66.7 Å². The van der Waals surface area contributed by atoms with Gasteiger partial charge < -0.3 is 4.98 Å². The van der Waals surface area contributed by atoms with Crippen LogP contribution in [0.4, 0.5) is 18.9 Å². The molecule has 1 aromatic heterocycles. The highest BCUT2D eigenvalue weighted by atomic mass is 35.5. The van der Waals surface area contributed by atoms with Crippen LogP contribution in [0.5, 0.6) is 0 Å². The Kier molecular flexibility index (Phi) is 5.13. The first-order valence-electron chi connectivity index (χ1n) is 10.1. The third-order valence-electron chi connectivity index (χ3n) is 5.73. The number of sulfonamides is 1. The smallest absolute Gasteiger partial charge is 0.342 e. The van der Waals surface area contributed by atoms with Gasteiger partial charge in [0.1, 0.15) is 5.82 Å². The van der Waals surface area contributed by atoms with Crippen LogP contribution >= 0.6 is 11.6 Å². The summed E-state index contributed by atoms with van der Waals surface area (Å²) >= 11 is 5.97. The zero-order chi connectivity index (χ0) is 23.4. The van der Waals surface area contributed by atoms with Crippen LogP contribution in [-0.4, -0.2) is 23.9 Å². The average Bonchev–Trinajstić information content (AvgIpc) is 3.44. The minimum Gasteiger partial charge on any atom is -0.342 e. The Labute approximate surface area is 192 Å². The highest BCUT2D eigenvalue weighted by Gasteiger charge is 2.46. The lowest BCUT2D eigenvalue weighted by Crippen LogP contribution is -2.30. The first-order chi connectivity index (χ1) is 15.6. The molecule has 0 radical (unpaired) electrons. The van der Waals surface area contributed by atoms with Crippen molar-refractivity contribution in [2.75, 3.05) is 4.72 Å². The van der Waals surface area contributed by atoms with Gasteiger partial charge in [0.15, 0.2) is 0 Å². The molecule has 1 fully saturated rings. The lowest BCUT2D eigenvalue weighted by Gasteiger charge is -2.14. The van der Waals surface area contributed by atoms with Crippen LogP contribution < -0.4 is 4.72 Å². The maximum Gasteiger partial charge on any atom is 0.516 e. The van der Waals surface area contributed by atoms with Gasteiger partial charge in [-0.1, -0.05) is 48.0 Å². The van der Waals surface area contributed by atoms with E-state index in [4.69, 9.17) is 11.6 Å². The van der Waals surface area contributed by atoms with E-state index in [0.717, 1.165) is 23.3 Å². The number of alkyl halides is 3. The molecule has 170 valence electrons. The number of rotatable bonds is 5. The summed E-state index contributed by atoms with van der Waals surface area (Å²) in [6.07, 6.45) is 0.955. The van der Waals surface area contributed by atoms with Crippen molar-refractivity contribution in [1.29, 1.82) is 0 Å². The van der Waals surface area contributed by atoms with E-state index in [2.05, 4.69) is 9.97 Å². The van der Waals surface area contributed by atoms with Gasteiger partial charge in [0.05, 0.1) is 16.7 Å². The van der Waals surface area contributed by atoms with Gasteiger partial charge in [-0.05, 0) is 53.8 Å². The molecule has 5 nitrogen and oxygen atoms in total. The monoisotopic (exact) mass is 491 g/mol. The molecular formula is C23H17ClF3N3O2S. The SMILES string of the molecule is O=S(=O)(Nc1ccccc1-c1ccc2nc(C3CC3c3ccc(Cl)cc3)[nH]c2c1)C(F)(F)F. The molecule has 1 aliphatic carbocycles. The molecule has 3 aromatic carbocycles. The second-order valence-electron chi connectivity index (χ2n) is 7.95. The van der Waals surface area contributed by atoms with E-state index in [9.17, 15) is 21.6 Å². The van der Waals surface area contributed by atoms with Gasteiger partial charge in [-0.2, -0.15) is 21.6 Å². The van der Waals surface area contributed by atoms with Gasteiger partial charge in [-0.25, -0.2) is 4.98 Å². The number of hydrogen-bond donors (Lipinski definition) is 2. The number of halogens is 4. The van der Waals surface area contributed by atoms with Crippen LogP contribution in [0.3, 0.4) is 0 Å². The van der Waals surface area contributed by atoms with Crippen molar-refractivity contribution in [2.24, 2.45) is 0 Å². The lowest BCUT2D eigenvalue weighted by atomic mass is 10.0. The number of imidazole rings is 1. The number of H-pyrrole nitrogens is 1. The molecular weight excluding hydrogens is 475 g/mol. The molecule has 4 aromatic rings. The zero-order valence-corrected chi connectivity index (χ0v) is 18.5. The standard InChI is InChI=1S/C23H17ClF3N3O2S/c24-15-8-5-13(6-9-15)17-12-18(17)22-28-20-10-7-14(11-21(20)29-22)16-3-1-2-4-19(16)30-33(31,32)23(25,26)27/h1-11,17-18,30H,12H2,(H,28,29). The summed E-state index contributed by atoms with van der Waals surface area (Å²) in [4.78, 5) is 7.99. The average molecular weight is 492 g/mol. The Balaban J connectivity index is 1.44. The van der Waals surface area contributed by atoms with Crippen LogP contribution in [0.1, 0.15) is 29.6 Å². The van der Waals surface area contributed by atoms with Crippen LogP contribution in [0, 0.1) is 0 Å². The van der Waals surface area contributed by atoms with E-state index in [1.165, 1.54) is 17.7 Å². The van der Waals surface area contributed by atoms with Crippen molar-refractivity contribution in [3.05, 3.63) is 83.1 Å². The van der Waals surface area contributed by atoms with E-state index in [1.54, 1.807) is 35.1 Å². The Morgan fingerprint density at radius 2 is 1.73 bits per heavy atom. The first kappa shape index (κ1) is 21.8. The summed E-state index contributed by atoms with van der Waals surface area (Å²) in [5, 5.41) is 0.685. The molecule has 0 saturated heterocycles. The maximum atomic E-state index is 12.8. The minimum atomic E-state index is -5.54. The lowest BCUT2D eigenvalue weighted by molar-refractivity contribution is -0.0429. The van der Waals surface area contributed by atoms with Gasteiger partial charge in [0, 0.05) is 16.5 Å². The summed E-state index contributed by atoms with van der Waals surface area (Å²) in [5.41, 5.74) is -2.04. The van der Waals surface area contributed by atoms with E-state index in [-0.39, 0.29) is 11.6 Å². The largest absolute Gasteiger partial charge is 0.516 e. The number of para-hydroxylation sites is 1. The maximum absolute atomic E-state index is 12.8. The second kappa shape index (κ2) is 7.78. The summed E-state index contributed by atoms with van der Waals surface area (Å²) in [5.74, 6) is 1.43. The zero-order valence-electron chi connectivity index (χ0n) is 16.9. The van der Waals surface area contributed by atoms with Gasteiger partial charge in [-0.3, -0.25) is 4.72 Å². The Morgan fingerprint density at radius 1 is 1.00 bits per heavy atom. The summed E-state index contributed by atoms with van der Waals surface area (Å²) in [6.45, 7) is 0. The van der Waals surface area contributed by atoms with Crippen LogP contribution in [-0.2, 0) is 10.0 Å². The second-order valence-corrected chi connectivity index (χ2v) is 10.1. The van der Waals surface area contributed by atoms with Crippen molar-refractivity contribution in [3.8, 4) is 11.1 Å². The summed E-state index contributed by atoms with van der Waals surface area (Å²) < 4.78 is 63.4. The Bertz CT molecular complexity index is 1450. The van der Waals surface area contributed by atoms with Gasteiger partial charge >= 0.3 is 15.5 Å². The number of nitrogens with zero attached hydrogens (tertiary/aromatic N) is 1. The summed E-state index contributed by atoms with van der Waals surface area (Å²) in [6, 6.07) is 18.9. The fourth-order valence-electron chi connectivity index (χ4n) is 3.97. The molecule has 0 bridgehead atoms. The van der Waals surface area contributed by atoms with E-state index in [0.29, 0.717) is 22.1 Å². The molecule has 33 heavy (non-hydrogen) atoms. The van der Waals surface area contributed by atoms with E-state index in [1.807, 2.05) is 24.3 Å². The third kappa shape index (κ3) is 4.18.